The number of benzene rings is 3. The Labute approximate surface area is 189 Å². The molecule has 0 spiro atoms. The van der Waals surface area contributed by atoms with E-state index in [1.54, 1.807) is 55.6 Å². The average molecular weight is 448 g/mol. The van der Waals surface area contributed by atoms with Crippen LogP contribution in [0.3, 0.4) is 0 Å². The van der Waals surface area contributed by atoms with Gasteiger partial charge in [-0.2, -0.15) is 0 Å². The Balaban J connectivity index is 1.45. The normalized spacial score (nSPS) is 10.5. The third-order valence-corrected chi connectivity index (χ3v) is 4.41. The van der Waals surface area contributed by atoms with Crippen LogP contribution in [-0.2, 0) is 14.3 Å². The third kappa shape index (κ3) is 7.32. The van der Waals surface area contributed by atoms with Gasteiger partial charge in [0.05, 0.1) is 7.11 Å². The fourth-order valence-electron chi connectivity index (χ4n) is 2.70. The molecule has 0 saturated heterocycles. The van der Waals surface area contributed by atoms with Crippen LogP contribution in [0.25, 0.3) is 6.08 Å². The van der Waals surface area contributed by atoms with E-state index in [1.807, 2.05) is 0 Å². The fraction of sp³-hybridized carbons (Fsp3) is 0.0800. The summed E-state index contributed by atoms with van der Waals surface area (Å²) >= 11 is 0. The van der Waals surface area contributed by atoms with Crippen LogP contribution in [0.4, 0.5) is 15.8 Å². The molecule has 2 N–H and O–H groups in total. The summed E-state index contributed by atoms with van der Waals surface area (Å²) in [5, 5.41) is 5.34. The van der Waals surface area contributed by atoms with Gasteiger partial charge in [0.25, 0.3) is 11.8 Å². The minimum absolute atomic E-state index is 0.306. The topological polar surface area (TPSA) is 93.7 Å². The number of esters is 1. The van der Waals surface area contributed by atoms with Gasteiger partial charge < -0.3 is 20.1 Å². The summed E-state index contributed by atoms with van der Waals surface area (Å²) in [5.74, 6) is -1.24. The highest BCUT2D eigenvalue weighted by molar-refractivity contribution is 6.04. The van der Waals surface area contributed by atoms with Gasteiger partial charge in [-0.1, -0.05) is 12.1 Å². The Morgan fingerprint density at radius 2 is 1.45 bits per heavy atom. The van der Waals surface area contributed by atoms with E-state index in [0.29, 0.717) is 28.3 Å². The predicted molar refractivity (Wildman–Crippen MR) is 122 cm³/mol. The summed E-state index contributed by atoms with van der Waals surface area (Å²) in [6.45, 7) is -0.480. The maximum atomic E-state index is 12.9. The molecule has 0 atom stereocenters. The largest absolute Gasteiger partial charge is 0.497 e. The Kier molecular flexibility index (Phi) is 7.91. The molecule has 7 nitrogen and oxygen atoms in total. The number of nitrogens with one attached hydrogen (secondary N) is 2. The average Bonchev–Trinajstić information content (AvgIpc) is 2.83. The molecule has 0 saturated carbocycles. The quantitative estimate of drug-likeness (QED) is 0.396. The van der Waals surface area contributed by atoms with Crippen LogP contribution in [0.1, 0.15) is 15.9 Å². The summed E-state index contributed by atoms with van der Waals surface area (Å²) in [6.07, 6.45) is 2.60. The van der Waals surface area contributed by atoms with Crippen molar-refractivity contribution in [2.75, 3.05) is 24.4 Å². The number of amides is 2. The molecule has 0 heterocycles. The molecule has 2 amide bonds. The van der Waals surface area contributed by atoms with Crippen LogP contribution in [0.5, 0.6) is 5.75 Å². The predicted octanol–water partition coefficient (Wildman–Crippen LogP) is 4.28. The van der Waals surface area contributed by atoms with E-state index in [4.69, 9.17) is 9.47 Å². The van der Waals surface area contributed by atoms with Crippen molar-refractivity contribution in [3.8, 4) is 5.75 Å². The molecule has 3 aromatic rings. The Bertz CT molecular complexity index is 1140. The van der Waals surface area contributed by atoms with Gasteiger partial charge in [-0.15, -0.1) is 0 Å². The highest BCUT2D eigenvalue weighted by Crippen LogP contribution is 2.17. The van der Waals surface area contributed by atoms with E-state index in [9.17, 15) is 18.8 Å². The van der Waals surface area contributed by atoms with Crippen LogP contribution >= 0.6 is 0 Å². The van der Waals surface area contributed by atoms with Crippen LogP contribution in [0.15, 0.2) is 78.9 Å². The van der Waals surface area contributed by atoms with Gasteiger partial charge in [0.2, 0.25) is 0 Å². The second-order valence-electron chi connectivity index (χ2n) is 6.80. The number of methoxy groups -OCH3 is 1. The van der Waals surface area contributed by atoms with E-state index >= 15 is 0 Å². The van der Waals surface area contributed by atoms with Crippen molar-refractivity contribution in [1.29, 1.82) is 0 Å². The van der Waals surface area contributed by atoms with Gasteiger partial charge in [-0.05, 0) is 72.3 Å². The first-order chi connectivity index (χ1) is 15.9. The van der Waals surface area contributed by atoms with Gasteiger partial charge in [0.1, 0.15) is 11.6 Å². The summed E-state index contributed by atoms with van der Waals surface area (Å²) in [5.41, 5.74) is 2.09. The minimum Gasteiger partial charge on any atom is -0.497 e. The Morgan fingerprint density at radius 3 is 2.09 bits per heavy atom. The number of hydrogen-bond donors (Lipinski definition) is 2. The number of hydrogen-bond acceptors (Lipinski definition) is 5. The molecule has 0 aliphatic carbocycles. The first-order valence-electron chi connectivity index (χ1n) is 9.88. The number of rotatable bonds is 8. The number of ether oxygens (including phenoxy) is 2. The second kappa shape index (κ2) is 11.2. The molecule has 0 unspecified atom stereocenters. The molecule has 33 heavy (non-hydrogen) atoms. The van der Waals surface area contributed by atoms with E-state index in [1.165, 1.54) is 30.3 Å². The lowest BCUT2D eigenvalue weighted by Gasteiger charge is -2.08. The third-order valence-electron chi connectivity index (χ3n) is 4.41. The van der Waals surface area contributed by atoms with Gasteiger partial charge in [-0.3, -0.25) is 9.59 Å². The summed E-state index contributed by atoms with van der Waals surface area (Å²) < 4.78 is 22.8. The molecule has 168 valence electrons. The van der Waals surface area contributed by atoms with Crippen LogP contribution in [0, 0.1) is 5.82 Å². The van der Waals surface area contributed by atoms with Crippen molar-refractivity contribution in [1.82, 2.24) is 0 Å². The van der Waals surface area contributed by atoms with Gasteiger partial charge >= 0.3 is 5.97 Å². The summed E-state index contributed by atoms with van der Waals surface area (Å²) in [7, 11) is 1.56. The molecular formula is C25H21FN2O5. The van der Waals surface area contributed by atoms with Crippen molar-refractivity contribution in [2.45, 2.75) is 0 Å². The zero-order valence-corrected chi connectivity index (χ0v) is 17.7. The van der Waals surface area contributed by atoms with Crippen LogP contribution < -0.4 is 15.4 Å². The molecule has 0 aliphatic rings. The monoisotopic (exact) mass is 448 g/mol. The van der Waals surface area contributed by atoms with Crippen LogP contribution in [0.2, 0.25) is 0 Å². The number of carbonyl (C=O) groups excluding carboxylic acids is 3. The molecule has 3 rings (SSSR count). The van der Waals surface area contributed by atoms with Crippen molar-refractivity contribution < 1.29 is 28.2 Å². The zero-order chi connectivity index (χ0) is 23.6. The Hall–Kier alpha value is -4.46. The molecule has 0 radical (unpaired) electrons. The first kappa shape index (κ1) is 23.2. The molecule has 3 aromatic carbocycles. The smallest absolute Gasteiger partial charge is 0.331 e. The van der Waals surface area contributed by atoms with Gasteiger partial charge in [0, 0.05) is 23.0 Å². The van der Waals surface area contributed by atoms with Crippen molar-refractivity contribution >= 4 is 35.2 Å². The lowest BCUT2D eigenvalue weighted by molar-refractivity contribution is -0.142. The summed E-state index contributed by atoms with van der Waals surface area (Å²) in [6, 6.07) is 18.7. The zero-order valence-electron chi connectivity index (χ0n) is 17.7. The van der Waals surface area contributed by atoms with Crippen molar-refractivity contribution in [3.05, 3.63) is 95.8 Å². The van der Waals surface area contributed by atoms with E-state index in [0.717, 1.165) is 6.08 Å². The second-order valence-corrected chi connectivity index (χ2v) is 6.80. The first-order valence-corrected chi connectivity index (χ1v) is 9.88. The molecule has 0 aromatic heterocycles. The lowest BCUT2D eigenvalue weighted by Crippen LogP contribution is -2.20. The molecule has 0 aliphatic heterocycles. The number of carbonyl (C=O) groups is 3. The maximum absolute atomic E-state index is 12.9. The standard InChI is InChI=1S/C25H21FN2O5/c1-32-22-13-11-21(12-14-22)28-25(31)18-5-9-20(10-6-18)27-23(29)16-33-24(30)15-4-17-2-7-19(26)8-3-17/h2-15H,16H2,1H3,(H,27,29)(H,28,31)/b15-4+. The van der Waals surface area contributed by atoms with Gasteiger partial charge in [0.15, 0.2) is 6.61 Å². The van der Waals surface area contributed by atoms with Crippen molar-refractivity contribution in [3.63, 3.8) is 0 Å². The lowest BCUT2D eigenvalue weighted by atomic mass is 10.2. The highest BCUT2D eigenvalue weighted by atomic mass is 19.1. The van der Waals surface area contributed by atoms with E-state index < -0.39 is 18.5 Å². The number of anilines is 2. The SMILES string of the molecule is COc1ccc(NC(=O)c2ccc(NC(=O)COC(=O)/C=C/c3ccc(F)cc3)cc2)cc1. The van der Waals surface area contributed by atoms with Crippen molar-refractivity contribution in [2.24, 2.45) is 0 Å². The fourth-order valence-corrected chi connectivity index (χ4v) is 2.70. The van der Waals surface area contributed by atoms with E-state index in [2.05, 4.69) is 10.6 Å². The Morgan fingerprint density at radius 1 is 0.848 bits per heavy atom. The molecular weight excluding hydrogens is 427 g/mol. The van der Waals surface area contributed by atoms with Crippen LogP contribution in [-0.4, -0.2) is 31.5 Å². The minimum atomic E-state index is -0.708. The molecule has 0 fully saturated rings. The van der Waals surface area contributed by atoms with E-state index in [-0.39, 0.29) is 11.7 Å². The maximum Gasteiger partial charge on any atom is 0.331 e. The van der Waals surface area contributed by atoms with Gasteiger partial charge in [-0.25, -0.2) is 9.18 Å². The molecule has 8 heteroatoms. The summed E-state index contributed by atoms with van der Waals surface area (Å²) in [4.78, 5) is 36.1. The highest BCUT2D eigenvalue weighted by Gasteiger charge is 2.09. The molecule has 0 bridgehead atoms. The number of halogens is 1.